The van der Waals surface area contributed by atoms with Gasteiger partial charge in [0.25, 0.3) is 0 Å². The molecule has 2 aromatic rings. The molecule has 1 N–H and O–H groups in total. The Kier molecular flexibility index (Phi) is 5.06. The highest BCUT2D eigenvalue weighted by Crippen LogP contribution is 2.13. The van der Waals surface area contributed by atoms with E-state index in [1.165, 1.54) is 5.56 Å². The van der Waals surface area contributed by atoms with E-state index in [0.29, 0.717) is 11.9 Å². The van der Waals surface area contributed by atoms with Gasteiger partial charge in [-0.25, -0.2) is 0 Å². The molecule has 0 amide bonds. The van der Waals surface area contributed by atoms with E-state index in [2.05, 4.69) is 25.3 Å². The fourth-order valence-electron chi connectivity index (χ4n) is 1.69. The summed E-state index contributed by atoms with van der Waals surface area (Å²) in [6.07, 6.45) is 4.47. The fourth-order valence-corrected chi connectivity index (χ4v) is 1.85. The number of hydrogen-bond donors (Lipinski definition) is 1. The van der Waals surface area contributed by atoms with Crippen molar-refractivity contribution in [3.05, 3.63) is 35.4 Å². The first kappa shape index (κ1) is 14.5. The Morgan fingerprint density at radius 1 is 1.20 bits per heavy atom. The minimum absolute atomic E-state index is 0.196. The number of aromatic nitrogens is 4. The predicted octanol–water partition coefficient (Wildman–Crippen LogP) is 2.03. The molecule has 0 aliphatic rings. The maximum absolute atomic E-state index is 5.91. The Hall–Kier alpha value is -1.95. The second-order valence-electron chi connectivity index (χ2n) is 4.29. The van der Waals surface area contributed by atoms with E-state index in [1.54, 1.807) is 12.4 Å². The van der Waals surface area contributed by atoms with Crippen LogP contribution in [0.2, 0.25) is 5.28 Å². The van der Waals surface area contributed by atoms with E-state index in [9.17, 15) is 0 Å². The number of hydrogen-bond acceptors (Lipinski definition) is 6. The molecular formula is C13H17ClN6. The summed E-state index contributed by atoms with van der Waals surface area (Å²) in [5.41, 5.74) is 1.22. The van der Waals surface area contributed by atoms with Gasteiger partial charge in [0.05, 0.1) is 0 Å². The molecule has 0 aliphatic carbocycles. The summed E-state index contributed by atoms with van der Waals surface area (Å²) >= 11 is 5.91. The molecule has 0 saturated heterocycles. The van der Waals surface area contributed by atoms with Crippen molar-refractivity contribution >= 4 is 23.5 Å². The van der Waals surface area contributed by atoms with E-state index < -0.39 is 0 Å². The number of pyridine rings is 1. The van der Waals surface area contributed by atoms with Crippen molar-refractivity contribution in [1.29, 1.82) is 0 Å². The number of rotatable bonds is 6. The van der Waals surface area contributed by atoms with Crippen LogP contribution in [0.15, 0.2) is 24.5 Å². The van der Waals surface area contributed by atoms with Gasteiger partial charge in [0.2, 0.25) is 17.2 Å². The Morgan fingerprint density at radius 3 is 2.65 bits per heavy atom. The summed E-state index contributed by atoms with van der Waals surface area (Å²) in [6, 6.07) is 4.00. The fraction of sp³-hybridized carbons (Fsp3) is 0.385. The maximum atomic E-state index is 5.91. The lowest BCUT2D eigenvalue weighted by molar-refractivity contribution is 0.827. The van der Waals surface area contributed by atoms with Crippen LogP contribution in [-0.4, -0.2) is 40.1 Å². The Bertz CT molecular complexity index is 548. The Labute approximate surface area is 123 Å². The van der Waals surface area contributed by atoms with Crippen molar-refractivity contribution in [2.75, 3.05) is 30.4 Å². The third kappa shape index (κ3) is 4.03. The van der Waals surface area contributed by atoms with E-state index >= 15 is 0 Å². The van der Waals surface area contributed by atoms with Crippen LogP contribution in [-0.2, 0) is 6.42 Å². The normalized spacial score (nSPS) is 10.3. The summed E-state index contributed by atoms with van der Waals surface area (Å²) in [6.45, 7) is 3.50. The third-order valence-electron chi connectivity index (χ3n) is 2.76. The lowest BCUT2D eigenvalue weighted by Gasteiger charge is -2.17. The van der Waals surface area contributed by atoms with Gasteiger partial charge in [-0.15, -0.1) is 0 Å². The average molecular weight is 293 g/mol. The molecule has 2 aromatic heterocycles. The first-order chi connectivity index (χ1) is 9.69. The number of likely N-dealkylation sites (N-methyl/N-ethyl adjacent to an activating group) is 1. The van der Waals surface area contributed by atoms with Gasteiger partial charge in [-0.2, -0.15) is 15.0 Å². The second kappa shape index (κ2) is 7.00. The molecular weight excluding hydrogens is 276 g/mol. The number of nitrogens with zero attached hydrogens (tertiary/aromatic N) is 5. The standard InChI is InChI=1S/C13H17ClN6/c1-3-16-12-17-11(14)18-13(19-12)20(2)9-6-10-4-7-15-8-5-10/h4-5,7-8H,3,6,9H2,1-2H3,(H,16,17,18,19). The Balaban J connectivity index is 2.03. The highest BCUT2D eigenvalue weighted by atomic mass is 35.5. The van der Waals surface area contributed by atoms with E-state index in [1.807, 2.05) is 31.0 Å². The summed E-state index contributed by atoms with van der Waals surface area (Å²) in [7, 11) is 1.93. The minimum Gasteiger partial charge on any atom is -0.354 e. The maximum Gasteiger partial charge on any atom is 0.231 e. The van der Waals surface area contributed by atoms with Crippen molar-refractivity contribution in [3.63, 3.8) is 0 Å². The zero-order valence-corrected chi connectivity index (χ0v) is 12.3. The van der Waals surface area contributed by atoms with E-state index in [0.717, 1.165) is 19.5 Å². The van der Waals surface area contributed by atoms with Crippen LogP contribution >= 0.6 is 11.6 Å². The average Bonchev–Trinajstić information content (AvgIpc) is 2.45. The molecule has 2 rings (SSSR count). The quantitative estimate of drug-likeness (QED) is 0.879. The van der Waals surface area contributed by atoms with Crippen molar-refractivity contribution in [2.24, 2.45) is 0 Å². The molecule has 0 saturated carbocycles. The molecule has 6 nitrogen and oxygen atoms in total. The first-order valence-corrected chi connectivity index (χ1v) is 6.82. The smallest absolute Gasteiger partial charge is 0.231 e. The summed E-state index contributed by atoms with van der Waals surface area (Å²) in [5, 5.41) is 3.23. The molecule has 0 aliphatic heterocycles. The van der Waals surface area contributed by atoms with Crippen LogP contribution in [0.1, 0.15) is 12.5 Å². The molecule has 0 spiro atoms. The third-order valence-corrected chi connectivity index (χ3v) is 2.93. The molecule has 0 unspecified atom stereocenters. The van der Waals surface area contributed by atoms with Crippen LogP contribution < -0.4 is 10.2 Å². The van der Waals surface area contributed by atoms with Crippen LogP contribution in [0.25, 0.3) is 0 Å². The topological polar surface area (TPSA) is 66.8 Å². The zero-order valence-electron chi connectivity index (χ0n) is 11.5. The van der Waals surface area contributed by atoms with Crippen LogP contribution in [0.5, 0.6) is 0 Å². The molecule has 0 aromatic carbocycles. The lowest BCUT2D eigenvalue weighted by Crippen LogP contribution is -2.23. The molecule has 0 radical (unpaired) electrons. The molecule has 0 fully saturated rings. The van der Waals surface area contributed by atoms with Crippen LogP contribution in [0, 0.1) is 0 Å². The molecule has 7 heteroatoms. The summed E-state index contributed by atoms with van der Waals surface area (Å²) in [4.78, 5) is 18.5. The molecule has 0 atom stereocenters. The second-order valence-corrected chi connectivity index (χ2v) is 4.62. The van der Waals surface area contributed by atoms with Gasteiger partial charge < -0.3 is 10.2 Å². The summed E-state index contributed by atoms with van der Waals surface area (Å²) in [5.74, 6) is 1.06. The van der Waals surface area contributed by atoms with Crippen LogP contribution in [0.3, 0.4) is 0 Å². The van der Waals surface area contributed by atoms with Gasteiger partial charge in [0, 0.05) is 32.5 Å². The summed E-state index contributed by atoms with van der Waals surface area (Å²) < 4.78 is 0. The van der Waals surface area contributed by atoms with Crippen molar-refractivity contribution < 1.29 is 0 Å². The molecule has 106 valence electrons. The van der Waals surface area contributed by atoms with E-state index in [4.69, 9.17) is 11.6 Å². The molecule has 2 heterocycles. The first-order valence-electron chi connectivity index (χ1n) is 6.44. The SMILES string of the molecule is CCNc1nc(Cl)nc(N(C)CCc2ccncc2)n1. The van der Waals surface area contributed by atoms with Crippen LogP contribution in [0.4, 0.5) is 11.9 Å². The highest BCUT2D eigenvalue weighted by Gasteiger charge is 2.09. The molecule has 20 heavy (non-hydrogen) atoms. The van der Waals surface area contributed by atoms with Crippen molar-refractivity contribution in [1.82, 2.24) is 19.9 Å². The molecule has 0 bridgehead atoms. The van der Waals surface area contributed by atoms with Gasteiger partial charge in [0.1, 0.15) is 0 Å². The monoisotopic (exact) mass is 292 g/mol. The van der Waals surface area contributed by atoms with Gasteiger partial charge in [-0.05, 0) is 42.6 Å². The van der Waals surface area contributed by atoms with Gasteiger partial charge in [-0.1, -0.05) is 0 Å². The number of anilines is 2. The zero-order chi connectivity index (χ0) is 14.4. The number of nitrogens with one attached hydrogen (secondary N) is 1. The number of halogens is 1. The predicted molar refractivity (Wildman–Crippen MR) is 80.2 cm³/mol. The van der Waals surface area contributed by atoms with Gasteiger partial charge >= 0.3 is 0 Å². The van der Waals surface area contributed by atoms with E-state index in [-0.39, 0.29) is 5.28 Å². The van der Waals surface area contributed by atoms with Gasteiger partial charge in [0.15, 0.2) is 0 Å². The van der Waals surface area contributed by atoms with Gasteiger partial charge in [-0.3, -0.25) is 4.98 Å². The van der Waals surface area contributed by atoms with Crippen molar-refractivity contribution in [3.8, 4) is 0 Å². The largest absolute Gasteiger partial charge is 0.354 e. The van der Waals surface area contributed by atoms with Crippen molar-refractivity contribution in [2.45, 2.75) is 13.3 Å². The highest BCUT2D eigenvalue weighted by molar-refractivity contribution is 6.28. The Morgan fingerprint density at radius 2 is 1.95 bits per heavy atom. The minimum atomic E-state index is 0.196. The lowest BCUT2D eigenvalue weighted by atomic mass is 10.2.